The predicted molar refractivity (Wildman–Crippen MR) is 83.8 cm³/mol. The van der Waals surface area contributed by atoms with Crippen molar-refractivity contribution in [2.45, 2.75) is 58.3 Å². The van der Waals surface area contributed by atoms with Crippen LogP contribution in [0, 0.1) is 5.92 Å². The minimum Gasteiger partial charge on any atom is -0.356 e. The quantitative estimate of drug-likeness (QED) is 0.792. The second kappa shape index (κ2) is 8.20. The molecule has 0 aromatic carbocycles. The third-order valence-corrected chi connectivity index (χ3v) is 4.65. The summed E-state index contributed by atoms with van der Waals surface area (Å²) in [6.07, 6.45) is 10.5. The number of allylic oxidation sites excluding steroid dienone is 1. The third-order valence-electron chi connectivity index (χ3n) is 4.65. The lowest BCUT2D eigenvalue weighted by Crippen LogP contribution is -2.43. The molecule has 0 aromatic heterocycles. The van der Waals surface area contributed by atoms with Gasteiger partial charge in [-0.1, -0.05) is 18.6 Å². The fourth-order valence-corrected chi connectivity index (χ4v) is 3.24. The molecule has 0 aromatic rings. The van der Waals surface area contributed by atoms with Crippen molar-refractivity contribution in [3.8, 4) is 0 Å². The van der Waals surface area contributed by atoms with E-state index in [1.165, 1.54) is 31.3 Å². The van der Waals surface area contributed by atoms with Crippen LogP contribution in [0.4, 0.5) is 0 Å². The molecule has 2 rings (SSSR count). The molecule has 0 saturated carbocycles. The Morgan fingerprint density at radius 2 is 2.05 bits per heavy atom. The maximum atomic E-state index is 12.2. The van der Waals surface area contributed by atoms with E-state index < -0.39 is 0 Å². The van der Waals surface area contributed by atoms with Crippen molar-refractivity contribution < 1.29 is 9.59 Å². The van der Waals surface area contributed by atoms with Crippen LogP contribution in [0.5, 0.6) is 0 Å². The SMILES string of the molecule is CCC(=O)N1CCC(C(=O)NCCC2=CCCCC2)CC1. The van der Waals surface area contributed by atoms with Gasteiger partial charge in [0.2, 0.25) is 11.8 Å². The molecule has 1 saturated heterocycles. The molecule has 4 nitrogen and oxygen atoms in total. The van der Waals surface area contributed by atoms with E-state index in [1.807, 2.05) is 11.8 Å². The molecule has 1 aliphatic carbocycles. The Bertz CT molecular complexity index is 396. The second-order valence-electron chi connectivity index (χ2n) is 6.16. The first-order chi connectivity index (χ1) is 10.2. The number of piperidine rings is 1. The van der Waals surface area contributed by atoms with Crippen molar-refractivity contribution >= 4 is 11.8 Å². The van der Waals surface area contributed by atoms with E-state index in [1.54, 1.807) is 0 Å². The van der Waals surface area contributed by atoms with Crippen LogP contribution in [0.25, 0.3) is 0 Å². The molecule has 118 valence electrons. The molecule has 0 radical (unpaired) electrons. The van der Waals surface area contributed by atoms with Crippen molar-refractivity contribution in [3.63, 3.8) is 0 Å². The Labute approximate surface area is 128 Å². The van der Waals surface area contributed by atoms with E-state index in [9.17, 15) is 9.59 Å². The van der Waals surface area contributed by atoms with E-state index >= 15 is 0 Å². The maximum absolute atomic E-state index is 12.2. The van der Waals surface area contributed by atoms with E-state index in [0.717, 1.165) is 38.9 Å². The van der Waals surface area contributed by atoms with Gasteiger partial charge in [0.05, 0.1) is 0 Å². The number of carbonyl (C=O) groups is 2. The van der Waals surface area contributed by atoms with Crippen molar-refractivity contribution in [1.82, 2.24) is 10.2 Å². The molecular formula is C17H28N2O2. The molecule has 4 heteroatoms. The first-order valence-corrected chi connectivity index (χ1v) is 8.44. The zero-order chi connectivity index (χ0) is 15.1. The third kappa shape index (κ3) is 4.87. The van der Waals surface area contributed by atoms with Gasteiger partial charge in [0.25, 0.3) is 0 Å². The Morgan fingerprint density at radius 3 is 2.67 bits per heavy atom. The van der Waals surface area contributed by atoms with Gasteiger partial charge in [-0.3, -0.25) is 9.59 Å². The Kier molecular flexibility index (Phi) is 6.27. The van der Waals surface area contributed by atoms with Crippen molar-refractivity contribution in [2.24, 2.45) is 5.92 Å². The molecule has 21 heavy (non-hydrogen) atoms. The summed E-state index contributed by atoms with van der Waals surface area (Å²) in [5.41, 5.74) is 1.50. The van der Waals surface area contributed by atoms with Crippen LogP contribution in [-0.4, -0.2) is 36.3 Å². The van der Waals surface area contributed by atoms with Gasteiger partial charge in [0, 0.05) is 32.0 Å². The second-order valence-corrected chi connectivity index (χ2v) is 6.16. The number of rotatable bonds is 5. The summed E-state index contributed by atoms with van der Waals surface area (Å²) in [5.74, 6) is 0.472. The lowest BCUT2D eigenvalue weighted by molar-refractivity contribution is -0.135. The zero-order valence-electron chi connectivity index (χ0n) is 13.2. The molecule has 1 heterocycles. The Morgan fingerprint density at radius 1 is 1.29 bits per heavy atom. The summed E-state index contributed by atoms with van der Waals surface area (Å²) in [6, 6.07) is 0. The summed E-state index contributed by atoms with van der Waals surface area (Å²) >= 11 is 0. The van der Waals surface area contributed by atoms with E-state index in [4.69, 9.17) is 0 Å². The molecule has 0 spiro atoms. The number of amides is 2. The molecule has 0 atom stereocenters. The van der Waals surface area contributed by atoms with Gasteiger partial charge in [0.1, 0.15) is 0 Å². The lowest BCUT2D eigenvalue weighted by atomic mass is 9.95. The van der Waals surface area contributed by atoms with Crippen LogP contribution in [0.1, 0.15) is 58.3 Å². The van der Waals surface area contributed by atoms with Crippen LogP contribution in [-0.2, 0) is 9.59 Å². The minimum atomic E-state index is 0.0891. The minimum absolute atomic E-state index is 0.0891. The van der Waals surface area contributed by atoms with Gasteiger partial charge in [-0.25, -0.2) is 0 Å². The van der Waals surface area contributed by atoms with Crippen LogP contribution in [0.2, 0.25) is 0 Å². The number of hydrogen-bond donors (Lipinski definition) is 1. The van der Waals surface area contributed by atoms with Gasteiger partial charge in [-0.2, -0.15) is 0 Å². The Balaban J connectivity index is 1.65. The fraction of sp³-hybridized carbons (Fsp3) is 0.765. The van der Waals surface area contributed by atoms with Crippen LogP contribution >= 0.6 is 0 Å². The van der Waals surface area contributed by atoms with Gasteiger partial charge < -0.3 is 10.2 Å². The molecular weight excluding hydrogens is 264 g/mol. The number of nitrogens with zero attached hydrogens (tertiary/aromatic N) is 1. The van der Waals surface area contributed by atoms with Crippen molar-refractivity contribution in [1.29, 1.82) is 0 Å². The summed E-state index contributed by atoms with van der Waals surface area (Å²) < 4.78 is 0. The van der Waals surface area contributed by atoms with Crippen LogP contribution in [0.15, 0.2) is 11.6 Å². The van der Waals surface area contributed by atoms with Gasteiger partial charge in [-0.05, 0) is 44.9 Å². The van der Waals surface area contributed by atoms with E-state index in [0.29, 0.717) is 6.42 Å². The van der Waals surface area contributed by atoms with Gasteiger partial charge in [0.15, 0.2) is 0 Å². The smallest absolute Gasteiger partial charge is 0.223 e. The fourth-order valence-electron chi connectivity index (χ4n) is 3.24. The normalized spacial score (nSPS) is 20.0. The van der Waals surface area contributed by atoms with Crippen LogP contribution < -0.4 is 5.32 Å². The van der Waals surface area contributed by atoms with Gasteiger partial charge >= 0.3 is 0 Å². The lowest BCUT2D eigenvalue weighted by Gasteiger charge is -2.31. The highest BCUT2D eigenvalue weighted by Crippen LogP contribution is 2.20. The number of carbonyl (C=O) groups excluding carboxylic acids is 2. The standard InChI is InChI=1S/C17H28N2O2/c1-2-16(20)19-12-9-15(10-13-19)17(21)18-11-8-14-6-4-3-5-7-14/h6,15H,2-5,7-13H2,1H3,(H,18,21). The predicted octanol–water partition coefficient (Wildman–Crippen LogP) is 2.64. The highest BCUT2D eigenvalue weighted by Gasteiger charge is 2.26. The summed E-state index contributed by atoms with van der Waals surface area (Å²) in [4.78, 5) is 25.6. The van der Waals surface area contributed by atoms with Gasteiger partial charge in [-0.15, -0.1) is 0 Å². The van der Waals surface area contributed by atoms with E-state index in [2.05, 4.69) is 11.4 Å². The topological polar surface area (TPSA) is 49.4 Å². The summed E-state index contributed by atoms with van der Waals surface area (Å²) in [6.45, 7) is 4.12. The molecule has 2 amide bonds. The number of nitrogens with one attached hydrogen (secondary N) is 1. The van der Waals surface area contributed by atoms with Crippen molar-refractivity contribution in [3.05, 3.63) is 11.6 Å². The van der Waals surface area contributed by atoms with Crippen molar-refractivity contribution in [2.75, 3.05) is 19.6 Å². The zero-order valence-corrected chi connectivity index (χ0v) is 13.2. The molecule has 2 aliphatic rings. The molecule has 1 aliphatic heterocycles. The number of likely N-dealkylation sites (tertiary alicyclic amines) is 1. The highest BCUT2D eigenvalue weighted by molar-refractivity contribution is 5.80. The highest BCUT2D eigenvalue weighted by atomic mass is 16.2. The largest absolute Gasteiger partial charge is 0.356 e. The maximum Gasteiger partial charge on any atom is 0.223 e. The number of hydrogen-bond acceptors (Lipinski definition) is 2. The molecule has 0 bridgehead atoms. The van der Waals surface area contributed by atoms with Crippen LogP contribution in [0.3, 0.4) is 0 Å². The average Bonchev–Trinajstić information content (AvgIpc) is 2.55. The first kappa shape index (κ1) is 16.1. The monoisotopic (exact) mass is 292 g/mol. The molecule has 1 N–H and O–H groups in total. The summed E-state index contributed by atoms with van der Waals surface area (Å²) in [7, 11) is 0. The van der Waals surface area contributed by atoms with E-state index in [-0.39, 0.29) is 17.7 Å². The molecule has 0 unspecified atom stereocenters. The first-order valence-electron chi connectivity index (χ1n) is 8.44. The average molecular weight is 292 g/mol. The molecule has 1 fully saturated rings. The Hall–Kier alpha value is -1.32. The summed E-state index contributed by atoms with van der Waals surface area (Å²) in [5, 5.41) is 3.07.